The predicted molar refractivity (Wildman–Crippen MR) is 158 cm³/mol. The maximum Gasteiger partial charge on any atom is 0.261 e. The molecule has 0 aliphatic rings. The summed E-state index contributed by atoms with van der Waals surface area (Å²) in [5, 5.41) is 10.6. The monoisotopic (exact) mass is 587 g/mol. The molecular weight excluding hydrogens is 556 g/mol. The second-order valence-electron chi connectivity index (χ2n) is 9.44. The maximum atomic E-state index is 12.7. The Morgan fingerprint density at radius 2 is 1.67 bits per heavy atom. The number of benzene rings is 3. The predicted octanol–water partition coefficient (Wildman–Crippen LogP) is 5.63. The number of hydrogen-bond acceptors (Lipinski definition) is 3. The van der Waals surface area contributed by atoms with Crippen LogP contribution in [-0.2, 0) is 22.6 Å². The van der Waals surface area contributed by atoms with Crippen molar-refractivity contribution < 1.29 is 19.0 Å². The second-order valence-corrected chi connectivity index (χ2v) is 10.4. The van der Waals surface area contributed by atoms with Crippen molar-refractivity contribution in [2.45, 2.75) is 45.7 Å². The molecule has 200 valence electrons. The first-order valence-electron chi connectivity index (χ1n) is 13.0. The second kappa shape index (κ2) is 13.2. The summed E-state index contributed by atoms with van der Waals surface area (Å²) in [5.74, 6) is -0.669. The van der Waals surface area contributed by atoms with E-state index < -0.39 is 6.04 Å². The van der Waals surface area contributed by atoms with Gasteiger partial charge in [0.25, 0.3) is 5.91 Å². The van der Waals surface area contributed by atoms with E-state index in [0.29, 0.717) is 23.4 Å². The Bertz CT molecular complexity index is 1480. The molecule has 0 saturated heterocycles. The fraction of sp³-hybridized carbons (Fsp3) is 0.226. The van der Waals surface area contributed by atoms with E-state index in [9.17, 15) is 14.4 Å². The highest BCUT2D eigenvalue weighted by molar-refractivity contribution is 9.10. The lowest BCUT2D eigenvalue weighted by Crippen LogP contribution is -2.41. The third-order valence-electron chi connectivity index (χ3n) is 6.30. The zero-order valence-corrected chi connectivity index (χ0v) is 23.6. The molecule has 4 aromatic rings. The summed E-state index contributed by atoms with van der Waals surface area (Å²) in [5.41, 5.74) is 2.91. The number of carbonyl (C=O) groups excluding carboxylic acids is 3. The minimum absolute atomic E-state index is 0.191. The van der Waals surface area contributed by atoms with Crippen molar-refractivity contribution in [3.05, 3.63) is 101 Å². The number of hydrogen-bond donors (Lipinski definition) is 3. The Morgan fingerprint density at radius 1 is 0.923 bits per heavy atom. The summed E-state index contributed by atoms with van der Waals surface area (Å²) < 4.78 is 2.83. The summed E-state index contributed by atoms with van der Waals surface area (Å²) in [6.07, 6.45) is 5.51. The lowest BCUT2D eigenvalue weighted by molar-refractivity contribution is -0.697. The number of carbonyl (C=O) groups is 3. The lowest BCUT2D eigenvalue weighted by atomic mass is 10.1. The number of nitrogens with zero attached hydrogens (tertiary/aromatic N) is 1. The lowest BCUT2D eigenvalue weighted by Gasteiger charge is -2.15. The van der Waals surface area contributed by atoms with Crippen LogP contribution in [0.25, 0.3) is 10.8 Å². The van der Waals surface area contributed by atoms with Gasteiger partial charge in [-0.2, -0.15) is 0 Å². The van der Waals surface area contributed by atoms with E-state index in [4.69, 9.17) is 0 Å². The van der Waals surface area contributed by atoms with Gasteiger partial charge in [-0.05, 0) is 64.5 Å². The highest BCUT2D eigenvalue weighted by Gasteiger charge is 2.17. The van der Waals surface area contributed by atoms with Gasteiger partial charge in [0.15, 0.2) is 12.4 Å². The number of halogens is 1. The van der Waals surface area contributed by atoms with Crippen LogP contribution in [0.2, 0.25) is 0 Å². The van der Waals surface area contributed by atoms with Crippen LogP contribution in [0.3, 0.4) is 0 Å². The third-order valence-corrected chi connectivity index (χ3v) is 6.74. The molecule has 1 unspecified atom stereocenters. The first-order chi connectivity index (χ1) is 18.8. The number of pyridine rings is 1. The molecule has 0 radical (unpaired) electrons. The zero-order valence-electron chi connectivity index (χ0n) is 22.0. The van der Waals surface area contributed by atoms with Crippen molar-refractivity contribution >= 4 is 55.8 Å². The molecule has 7 nitrogen and oxygen atoms in total. The molecule has 1 atom stereocenters. The van der Waals surface area contributed by atoms with Crippen LogP contribution in [0.15, 0.2) is 89.7 Å². The Kier molecular flexibility index (Phi) is 9.44. The van der Waals surface area contributed by atoms with E-state index in [2.05, 4.69) is 38.8 Å². The topological polar surface area (TPSA) is 91.2 Å². The molecule has 0 aliphatic carbocycles. The van der Waals surface area contributed by atoms with E-state index >= 15 is 0 Å². The smallest absolute Gasteiger partial charge is 0.261 e. The van der Waals surface area contributed by atoms with Crippen LogP contribution >= 0.6 is 15.9 Å². The molecule has 1 aromatic heterocycles. The molecule has 0 aliphatic heterocycles. The van der Waals surface area contributed by atoms with Gasteiger partial charge in [0, 0.05) is 29.6 Å². The van der Waals surface area contributed by atoms with E-state index in [0.717, 1.165) is 33.8 Å². The zero-order chi connectivity index (χ0) is 27.8. The van der Waals surface area contributed by atoms with Gasteiger partial charge in [0.2, 0.25) is 11.8 Å². The maximum absolute atomic E-state index is 12.7. The Labute approximate surface area is 236 Å². The SMILES string of the molecule is CCC[n+]1cc(Br)cc(C(=O)Nc2ccc(CCC(=O)NC(C)C(=O)Nc3cccc4ccccc34)cc2)c1. The molecule has 0 fully saturated rings. The third kappa shape index (κ3) is 7.74. The summed E-state index contributed by atoms with van der Waals surface area (Å²) in [7, 11) is 0. The number of aromatic nitrogens is 1. The van der Waals surface area contributed by atoms with E-state index in [-0.39, 0.29) is 24.1 Å². The number of amides is 3. The number of anilines is 2. The van der Waals surface area contributed by atoms with E-state index in [1.165, 1.54) is 0 Å². The normalized spacial score (nSPS) is 11.6. The van der Waals surface area contributed by atoms with Crippen LogP contribution in [0.5, 0.6) is 0 Å². The van der Waals surface area contributed by atoms with Gasteiger partial charge in [-0.15, -0.1) is 0 Å². The van der Waals surface area contributed by atoms with Crippen molar-refractivity contribution in [1.29, 1.82) is 0 Å². The van der Waals surface area contributed by atoms with Gasteiger partial charge in [-0.1, -0.05) is 55.5 Å². The van der Waals surface area contributed by atoms with Crippen LogP contribution in [0.4, 0.5) is 11.4 Å². The van der Waals surface area contributed by atoms with E-state index in [1.807, 2.05) is 83.7 Å². The highest BCUT2D eigenvalue weighted by atomic mass is 79.9. The van der Waals surface area contributed by atoms with Crippen molar-refractivity contribution in [3.63, 3.8) is 0 Å². The number of aryl methyl sites for hydroxylation is 2. The Balaban J connectivity index is 1.26. The molecule has 0 saturated carbocycles. The van der Waals surface area contributed by atoms with Crippen molar-refractivity contribution in [2.24, 2.45) is 0 Å². The molecule has 3 N–H and O–H groups in total. The van der Waals surface area contributed by atoms with Crippen LogP contribution in [-0.4, -0.2) is 23.8 Å². The van der Waals surface area contributed by atoms with E-state index in [1.54, 1.807) is 13.0 Å². The van der Waals surface area contributed by atoms with Gasteiger partial charge in [-0.3, -0.25) is 14.4 Å². The summed E-state index contributed by atoms with van der Waals surface area (Å²) >= 11 is 3.47. The largest absolute Gasteiger partial charge is 0.345 e. The van der Waals surface area contributed by atoms with Crippen molar-refractivity contribution in [3.8, 4) is 0 Å². The molecule has 4 rings (SSSR count). The van der Waals surface area contributed by atoms with Crippen LogP contribution in [0, 0.1) is 0 Å². The standard InChI is InChI=1S/C31H31BrN4O3/c1-3-17-36-19-24(18-25(32)20-36)31(39)34-26-14-11-22(12-15-26)13-16-29(37)33-21(2)30(38)35-28-10-6-8-23-7-4-5-9-27(23)28/h4-12,14-15,18-21H,3,13,16-17H2,1-2H3,(H2-,33,34,35,37,38,39)/p+1. The minimum Gasteiger partial charge on any atom is -0.345 e. The molecule has 0 bridgehead atoms. The van der Waals surface area contributed by atoms with Crippen molar-refractivity contribution in [1.82, 2.24) is 5.32 Å². The number of rotatable bonds is 10. The molecule has 39 heavy (non-hydrogen) atoms. The summed E-state index contributed by atoms with van der Waals surface area (Å²) in [6.45, 7) is 4.59. The van der Waals surface area contributed by atoms with Crippen LogP contribution < -0.4 is 20.5 Å². The fourth-order valence-electron chi connectivity index (χ4n) is 4.28. The molecule has 3 aromatic carbocycles. The summed E-state index contributed by atoms with van der Waals surface area (Å²) in [4.78, 5) is 37.9. The molecule has 1 heterocycles. The molecule has 3 amide bonds. The molecular formula is C31H32BrN4O3+. The quantitative estimate of drug-likeness (QED) is 0.210. The highest BCUT2D eigenvalue weighted by Crippen LogP contribution is 2.23. The molecule has 0 spiro atoms. The van der Waals surface area contributed by atoms with Crippen LogP contribution in [0.1, 0.15) is 42.6 Å². The number of fused-ring (bicyclic) bond motifs is 1. The first-order valence-corrected chi connectivity index (χ1v) is 13.8. The average Bonchev–Trinajstić information content (AvgIpc) is 2.92. The summed E-state index contributed by atoms with van der Waals surface area (Å²) in [6, 6.07) is 22.1. The van der Waals surface area contributed by atoms with Gasteiger partial charge in [0.1, 0.15) is 18.2 Å². The molecule has 8 heteroatoms. The average molecular weight is 589 g/mol. The number of nitrogens with one attached hydrogen (secondary N) is 3. The van der Waals surface area contributed by atoms with Crippen molar-refractivity contribution in [2.75, 3.05) is 10.6 Å². The minimum atomic E-state index is -0.678. The van der Waals surface area contributed by atoms with Gasteiger partial charge < -0.3 is 16.0 Å². The first kappa shape index (κ1) is 28.0. The van der Waals surface area contributed by atoms with Gasteiger partial charge in [-0.25, -0.2) is 4.57 Å². The van der Waals surface area contributed by atoms with Gasteiger partial charge in [0.05, 0.1) is 4.47 Å². The Morgan fingerprint density at radius 3 is 2.44 bits per heavy atom. The Hall–Kier alpha value is -4.04. The fourth-order valence-corrected chi connectivity index (χ4v) is 4.79. The van der Waals surface area contributed by atoms with Gasteiger partial charge >= 0.3 is 0 Å².